The Morgan fingerprint density at radius 3 is 1.79 bits per heavy atom. The van der Waals surface area contributed by atoms with Crippen LogP contribution >= 0.6 is 11.8 Å². The maximum absolute atomic E-state index is 14.5. The van der Waals surface area contributed by atoms with Gasteiger partial charge in [-0.25, -0.2) is 4.99 Å². The zero-order chi connectivity index (χ0) is 32.3. The van der Waals surface area contributed by atoms with Gasteiger partial charge in [0.1, 0.15) is 0 Å². The number of aliphatic imine (C=N–C) groups is 1. The molecule has 226 valence electrons. The highest BCUT2D eigenvalue weighted by molar-refractivity contribution is 8.00. The largest absolute Gasteiger partial charge is 0.460 e. The third-order valence-electron chi connectivity index (χ3n) is 5.95. The molecule has 0 N–H and O–H groups in total. The molecule has 0 amide bonds. The second-order valence-corrected chi connectivity index (χ2v) is 9.74. The minimum atomic E-state index is -7.17. The maximum Gasteiger partial charge on any atom is 0.460 e. The molecule has 0 saturated heterocycles. The van der Waals surface area contributed by atoms with Crippen molar-refractivity contribution in [2.24, 2.45) is 4.99 Å². The van der Waals surface area contributed by atoms with E-state index in [1.807, 2.05) is 0 Å². The Hall–Kier alpha value is -4.75. The highest BCUT2D eigenvalue weighted by Crippen LogP contribution is 2.59. The van der Waals surface area contributed by atoms with Crippen molar-refractivity contribution in [3.05, 3.63) is 96.1 Å². The van der Waals surface area contributed by atoms with E-state index >= 15 is 0 Å². The molecule has 0 radical (unpaired) electrons. The topological polar surface area (TPSA) is 142 Å². The molecule has 0 spiro atoms. The first-order chi connectivity index (χ1) is 19.7. The summed E-state index contributed by atoms with van der Waals surface area (Å²) in [6.07, 6.45) is -7.06. The molecule has 0 fully saturated rings. The van der Waals surface area contributed by atoms with Crippen LogP contribution in [-0.2, 0) is 0 Å². The quantitative estimate of drug-likeness (QED) is 0.0820. The number of nitrogens with zero attached hydrogens (tertiary/aromatic N) is 4. The van der Waals surface area contributed by atoms with Crippen molar-refractivity contribution < 1.29 is 54.3 Å². The van der Waals surface area contributed by atoms with Gasteiger partial charge >= 0.3 is 23.3 Å². The fraction of sp³-hybridized carbons (Fsp3) is 0.174. The van der Waals surface area contributed by atoms with Crippen LogP contribution in [0.5, 0.6) is 0 Å². The molecule has 3 aromatic rings. The average Bonchev–Trinajstić information content (AvgIpc) is 3.20. The number of fused-ring (bicyclic) bond motifs is 3. The summed E-state index contributed by atoms with van der Waals surface area (Å²) in [4.78, 5) is 34.5. The first kappa shape index (κ1) is 31.2. The van der Waals surface area contributed by atoms with Gasteiger partial charge < -0.3 is 0 Å². The summed E-state index contributed by atoms with van der Waals surface area (Å²) >= 11 is -1.40. The predicted molar refractivity (Wildman–Crippen MR) is 130 cm³/mol. The minimum Gasteiger partial charge on any atom is -0.258 e. The van der Waals surface area contributed by atoms with E-state index in [2.05, 4.69) is 4.99 Å². The van der Waals surface area contributed by atoms with Crippen LogP contribution in [0.3, 0.4) is 0 Å². The van der Waals surface area contributed by atoms with Crippen molar-refractivity contribution in [3.8, 4) is 11.1 Å². The molecule has 0 unspecified atom stereocenters. The van der Waals surface area contributed by atoms with Gasteiger partial charge in [0.15, 0.2) is 0 Å². The lowest BCUT2D eigenvalue weighted by Crippen LogP contribution is -2.59. The molecule has 1 aliphatic carbocycles. The molecule has 20 heteroatoms. The summed E-state index contributed by atoms with van der Waals surface area (Å²) in [6, 6.07) is 7.52. The Bertz CT molecular complexity index is 1730. The van der Waals surface area contributed by atoms with E-state index in [4.69, 9.17) is 0 Å². The summed E-state index contributed by atoms with van der Waals surface area (Å²) in [5.41, 5.74) is -4.89. The van der Waals surface area contributed by atoms with E-state index < -0.39 is 88.7 Å². The molecule has 0 heterocycles. The van der Waals surface area contributed by atoms with Crippen molar-refractivity contribution >= 4 is 40.2 Å². The number of non-ortho nitro benzene ring substituents is 2. The van der Waals surface area contributed by atoms with Crippen molar-refractivity contribution in [1.29, 1.82) is 0 Å². The van der Waals surface area contributed by atoms with E-state index in [9.17, 15) is 69.9 Å². The molecule has 0 atom stereocenters. The molecule has 0 bridgehead atoms. The number of hydrogen-bond donors (Lipinski definition) is 0. The molecule has 4 rings (SSSR count). The molecular formula is C23H9F9N4O6S. The van der Waals surface area contributed by atoms with Crippen LogP contribution in [0.25, 0.3) is 11.1 Å². The Labute approximate surface area is 235 Å². The molecule has 10 nitrogen and oxygen atoms in total. The number of nitro groups is 3. The second kappa shape index (κ2) is 10.2. The molecular weight excluding hydrogens is 631 g/mol. The monoisotopic (exact) mass is 640 g/mol. The number of para-hydroxylation sites is 1. The lowest BCUT2D eigenvalue weighted by atomic mass is 10.0. The predicted octanol–water partition coefficient (Wildman–Crippen LogP) is 8.08. The number of alkyl halides is 9. The van der Waals surface area contributed by atoms with Crippen molar-refractivity contribution in [2.75, 3.05) is 0 Å². The van der Waals surface area contributed by atoms with Crippen molar-refractivity contribution in [3.63, 3.8) is 0 Å². The zero-order valence-electron chi connectivity index (χ0n) is 20.2. The molecule has 0 aromatic heterocycles. The first-order valence-electron chi connectivity index (χ1n) is 11.0. The SMILES string of the molecule is O=[N+]([O-])c1ccc2c(c1)C(=Nc1ccccc1SC(F)(F)C(F)(F)C(F)(F)C(F)(F)F)c1cc([N+](=O)[O-])cc([N+](=O)[O-])c1-2. The van der Waals surface area contributed by atoms with Gasteiger partial charge in [0.25, 0.3) is 17.1 Å². The van der Waals surface area contributed by atoms with E-state index in [1.165, 1.54) is 0 Å². The molecule has 43 heavy (non-hydrogen) atoms. The fourth-order valence-corrected chi connectivity index (χ4v) is 4.87. The number of rotatable bonds is 8. The summed E-state index contributed by atoms with van der Waals surface area (Å²) in [5, 5.41) is 28.5. The van der Waals surface area contributed by atoms with Gasteiger partial charge in [0.2, 0.25) is 0 Å². The lowest BCUT2D eigenvalue weighted by Gasteiger charge is -2.33. The third-order valence-corrected chi connectivity index (χ3v) is 7.03. The van der Waals surface area contributed by atoms with Gasteiger partial charge in [0, 0.05) is 34.2 Å². The van der Waals surface area contributed by atoms with Gasteiger partial charge in [-0.15, -0.1) is 0 Å². The number of halogens is 9. The number of benzene rings is 3. The normalized spacial score (nSPS) is 14.4. The Morgan fingerprint density at radius 1 is 0.651 bits per heavy atom. The van der Waals surface area contributed by atoms with E-state index in [1.54, 1.807) is 0 Å². The first-order valence-corrected chi connectivity index (χ1v) is 11.9. The highest BCUT2D eigenvalue weighted by Gasteiger charge is 2.82. The standard InChI is InChI=1S/C23H9F9N4O6S/c24-20(25,22(28,29)30)21(26,27)23(31,32)43-17-4-2-1-3-15(17)33-19-13-7-10(34(37)38)5-6-12(13)18-14(19)8-11(35(39)40)9-16(18)36(41)42/h1-9H. The van der Waals surface area contributed by atoms with Crippen LogP contribution in [0.15, 0.2) is 64.5 Å². The Balaban J connectivity index is 1.96. The fourth-order valence-electron chi connectivity index (χ4n) is 3.98. The van der Waals surface area contributed by atoms with Crippen LogP contribution < -0.4 is 0 Å². The molecule has 0 aliphatic heterocycles. The van der Waals surface area contributed by atoms with E-state index in [-0.39, 0.29) is 16.7 Å². The van der Waals surface area contributed by atoms with Gasteiger partial charge in [-0.1, -0.05) is 12.1 Å². The minimum absolute atomic E-state index is 0.132. The maximum atomic E-state index is 14.5. The average molecular weight is 640 g/mol. The number of hydrogen-bond acceptors (Lipinski definition) is 8. The van der Waals surface area contributed by atoms with E-state index in [0.29, 0.717) is 12.1 Å². The Kier molecular flexibility index (Phi) is 7.40. The molecule has 1 aliphatic rings. The van der Waals surface area contributed by atoms with Gasteiger partial charge in [-0.3, -0.25) is 30.3 Å². The molecule has 3 aromatic carbocycles. The number of thioether (sulfide) groups is 1. The van der Waals surface area contributed by atoms with E-state index in [0.717, 1.165) is 42.5 Å². The van der Waals surface area contributed by atoms with Crippen LogP contribution in [0, 0.1) is 30.3 Å². The summed E-state index contributed by atoms with van der Waals surface area (Å²) in [5.74, 6) is -14.1. The number of nitro benzene ring substituents is 3. The van der Waals surface area contributed by atoms with Crippen LogP contribution in [-0.4, -0.2) is 43.8 Å². The smallest absolute Gasteiger partial charge is 0.258 e. The van der Waals surface area contributed by atoms with Crippen LogP contribution in [0.1, 0.15) is 11.1 Å². The Morgan fingerprint density at radius 2 is 1.23 bits per heavy atom. The second-order valence-electron chi connectivity index (χ2n) is 8.58. The zero-order valence-corrected chi connectivity index (χ0v) is 21.1. The van der Waals surface area contributed by atoms with Crippen LogP contribution in [0.2, 0.25) is 0 Å². The van der Waals surface area contributed by atoms with Gasteiger partial charge in [-0.2, -0.15) is 39.5 Å². The summed E-state index contributed by atoms with van der Waals surface area (Å²) in [7, 11) is 0. The molecule has 0 saturated carbocycles. The van der Waals surface area contributed by atoms with Crippen molar-refractivity contribution in [2.45, 2.75) is 28.2 Å². The highest BCUT2D eigenvalue weighted by atomic mass is 32.2. The van der Waals surface area contributed by atoms with Crippen LogP contribution in [0.4, 0.5) is 62.3 Å². The summed E-state index contributed by atoms with van der Waals surface area (Å²) in [6.45, 7) is 0. The van der Waals surface area contributed by atoms with Crippen molar-refractivity contribution in [1.82, 2.24) is 0 Å². The van der Waals surface area contributed by atoms with Gasteiger partial charge in [0.05, 0.1) is 37.8 Å². The van der Waals surface area contributed by atoms with Gasteiger partial charge in [-0.05, 0) is 35.5 Å². The summed E-state index contributed by atoms with van der Waals surface area (Å²) < 4.78 is 121. The lowest BCUT2D eigenvalue weighted by molar-refractivity contribution is -0.393. The third kappa shape index (κ3) is 5.10.